The van der Waals surface area contributed by atoms with E-state index >= 15 is 0 Å². The van der Waals surface area contributed by atoms with Crippen LogP contribution in [0.1, 0.15) is 31.4 Å². The average molecular weight is 222 g/mol. The Kier molecular flexibility index (Phi) is 3.70. The van der Waals surface area contributed by atoms with Gasteiger partial charge in [-0.05, 0) is 25.8 Å². The number of carboxylic acids is 1. The van der Waals surface area contributed by atoms with Crippen molar-refractivity contribution in [1.82, 2.24) is 0 Å². The quantitative estimate of drug-likeness (QED) is 0.822. The molecule has 3 heteroatoms. The highest BCUT2D eigenvalue weighted by atomic mass is 16.4. The number of carboxylic acid groups (broad SMARTS) is 1. The van der Waals surface area contributed by atoms with Gasteiger partial charge in [0.1, 0.15) is 5.60 Å². The van der Waals surface area contributed by atoms with Crippen LogP contribution in [0.3, 0.4) is 0 Å². The Morgan fingerprint density at radius 2 is 2.12 bits per heavy atom. The number of hydrogen-bond acceptors (Lipinski definition) is 2. The van der Waals surface area contributed by atoms with E-state index in [0.717, 1.165) is 5.56 Å². The SMILES string of the molecule is CCC(C(=O)O)C(C)(O)c1cccc(C)c1. The zero-order valence-corrected chi connectivity index (χ0v) is 9.90. The molecule has 1 aromatic rings. The fourth-order valence-electron chi connectivity index (χ4n) is 1.97. The van der Waals surface area contributed by atoms with Crippen LogP contribution in [0, 0.1) is 12.8 Å². The van der Waals surface area contributed by atoms with Gasteiger partial charge in [0.2, 0.25) is 0 Å². The lowest BCUT2D eigenvalue weighted by Gasteiger charge is -2.30. The van der Waals surface area contributed by atoms with Gasteiger partial charge in [0.15, 0.2) is 0 Å². The maximum Gasteiger partial charge on any atom is 0.309 e. The van der Waals surface area contributed by atoms with Crippen molar-refractivity contribution in [3.05, 3.63) is 35.4 Å². The van der Waals surface area contributed by atoms with Gasteiger partial charge >= 0.3 is 5.97 Å². The summed E-state index contributed by atoms with van der Waals surface area (Å²) in [6.07, 6.45) is 0.399. The maximum atomic E-state index is 11.1. The van der Waals surface area contributed by atoms with Crippen molar-refractivity contribution < 1.29 is 15.0 Å². The fourth-order valence-corrected chi connectivity index (χ4v) is 1.97. The van der Waals surface area contributed by atoms with Crippen molar-refractivity contribution in [1.29, 1.82) is 0 Å². The molecule has 3 nitrogen and oxygen atoms in total. The maximum absolute atomic E-state index is 11.1. The van der Waals surface area contributed by atoms with Gasteiger partial charge in [-0.15, -0.1) is 0 Å². The first-order valence-corrected chi connectivity index (χ1v) is 5.42. The molecule has 0 heterocycles. The molecule has 88 valence electrons. The van der Waals surface area contributed by atoms with Crippen LogP contribution in [-0.2, 0) is 10.4 Å². The van der Waals surface area contributed by atoms with Gasteiger partial charge in [-0.1, -0.05) is 36.8 Å². The van der Waals surface area contributed by atoms with Crippen molar-refractivity contribution in [3.8, 4) is 0 Å². The Hall–Kier alpha value is -1.35. The molecule has 0 saturated heterocycles. The highest BCUT2D eigenvalue weighted by molar-refractivity contribution is 5.71. The molecule has 2 N–H and O–H groups in total. The Balaban J connectivity index is 3.13. The minimum Gasteiger partial charge on any atom is -0.481 e. The van der Waals surface area contributed by atoms with Gasteiger partial charge in [0.25, 0.3) is 0 Å². The van der Waals surface area contributed by atoms with Crippen LogP contribution in [0.15, 0.2) is 24.3 Å². The summed E-state index contributed by atoms with van der Waals surface area (Å²) in [5.41, 5.74) is 0.340. The van der Waals surface area contributed by atoms with E-state index in [2.05, 4.69) is 0 Å². The van der Waals surface area contributed by atoms with Crippen molar-refractivity contribution in [2.24, 2.45) is 5.92 Å². The molecule has 2 atom stereocenters. The molecule has 1 aromatic carbocycles. The van der Waals surface area contributed by atoms with Gasteiger partial charge in [-0.2, -0.15) is 0 Å². The predicted molar refractivity (Wildman–Crippen MR) is 62.2 cm³/mol. The third-order valence-electron chi connectivity index (χ3n) is 2.99. The summed E-state index contributed by atoms with van der Waals surface area (Å²) in [4.78, 5) is 11.1. The number of aryl methyl sites for hydroxylation is 1. The third kappa shape index (κ3) is 2.42. The van der Waals surface area contributed by atoms with Crippen LogP contribution in [0.4, 0.5) is 0 Å². The number of aliphatic carboxylic acids is 1. The lowest BCUT2D eigenvalue weighted by molar-refractivity contribution is -0.152. The average Bonchev–Trinajstić information content (AvgIpc) is 2.17. The van der Waals surface area contributed by atoms with Gasteiger partial charge in [0, 0.05) is 0 Å². The molecule has 0 aliphatic heterocycles. The van der Waals surface area contributed by atoms with E-state index in [9.17, 15) is 9.90 Å². The molecule has 16 heavy (non-hydrogen) atoms. The minimum atomic E-state index is -1.33. The van der Waals surface area contributed by atoms with Crippen molar-refractivity contribution in [3.63, 3.8) is 0 Å². The van der Waals surface area contributed by atoms with E-state index in [1.807, 2.05) is 25.1 Å². The third-order valence-corrected chi connectivity index (χ3v) is 2.99. The van der Waals surface area contributed by atoms with Crippen molar-refractivity contribution in [2.45, 2.75) is 32.8 Å². The lowest BCUT2D eigenvalue weighted by Crippen LogP contribution is -2.36. The first-order valence-electron chi connectivity index (χ1n) is 5.42. The highest BCUT2D eigenvalue weighted by Gasteiger charge is 2.37. The largest absolute Gasteiger partial charge is 0.481 e. The molecule has 0 aromatic heterocycles. The predicted octanol–water partition coefficient (Wildman–Crippen LogP) is 2.31. The summed E-state index contributed by atoms with van der Waals surface area (Å²) in [5, 5.41) is 19.4. The summed E-state index contributed by atoms with van der Waals surface area (Å²) in [6, 6.07) is 7.33. The smallest absolute Gasteiger partial charge is 0.309 e. The molecule has 0 aliphatic rings. The summed E-state index contributed by atoms with van der Waals surface area (Å²) in [6.45, 7) is 5.24. The first-order chi connectivity index (χ1) is 7.39. The van der Waals surface area contributed by atoms with Crippen LogP contribution in [0.25, 0.3) is 0 Å². The van der Waals surface area contributed by atoms with Gasteiger partial charge in [0.05, 0.1) is 5.92 Å². The molecule has 0 fully saturated rings. The van der Waals surface area contributed by atoms with Crippen LogP contribution < -0.4 is 0 Å². The lowest BCUT2D eigenvalue weighted by atomic mass is 9.81. The Morgan fingerprint density at radius 3 is 2.56 bits per heavy atom. The van der Waals surface area contributed by atoms with E-state index in [1.54, 1.807) is 19.9 Å². The van der Waals surface area contributed by atoms with Crippen LogP contribution in [-0.4, -0.2) is 16.2 Å². The molecule has 0 aliphatic carbocycles. The summed E-state index contributed by atoms with van der Waals surface area (Å²) >= 11 is 0. The number of benzene rings is 1. The molecule has 0 amide bonds. The van der Waals surface area contributed by atoms with E-state index in [4.69, 9.17) is 5.11 Å². The van der Waals surface area contributed by atoms with E-state index in [1.165, 1.54) is 0 Å². The summed E-state index contributed by atoms with van der Waals surface area (Å²) < 4.78 is 0. The number of carbonyl (C=O) groups is 1. The topological polar surface area (TPSA) is 57.5 Å². The Morgan fingerprint density at radius 1 is 1.50 bits per heavy atom. The zero-order valence-electron chi connectivity index (χ0n) is 9.90. The van der Waals surface area contributed by atoms with Crippen molar-refractivity contribution in [2.75, 3.05) is 0 Å². The highest BCUT2D eigenvalue weighted by Crippen LogP contribution is 2.32. The standard InChI is InChI=1S/C13H18O3/c1-4-11(12(14)15)13(3,16)10-7-5-6-9(2)8-10/h5-8,11,16H,4H2,1-3H3,(H,14,15). The van der Waals surface area contributed by atoms with Gasteiger partial charge in [-0.25, -0.2) is 0 Å². The molecule has 0 bridgehead atoms. The second-order valence-electron chi connectivity index (χ2n) is 4.32. The van der Waals surface area contributed by atoms with Gasteiger partial charge < -0.3 is 10.2 Å². The van der Waals surface area contributed by atoms with Crippen LogP contribution in [0.5, 0.6) is 0 Å². The second-order valence-corrected chi connectivity index (χ2v) is 4.32. The van der Waals surface area contributed by atoms with Crippen molar-refractivity contribution >= 4 is 5.97 Å². The van der Waals surface area contributed by atoms with Gasteiger partial charge in [-0.3, -0.25) is 4.79 Å². The van der Waals surface area contributed by atoms with E-state index in [0.29, 0.717) is 12.0 Å². The molecule has 1 rings (SSSR count). The molecular formula is C13H18O3. The van der Waals surface area contributed by atoms with E-state index in [-0.39, 0.29) is 0 Å². The molecule has 0 spiro atoms. The number of aliphatic hydroxyl groups is 1. The Labute approximate surface area is 95.7 Å². The molecular weight excluding hydrogens is 204 g/mol. The fraction of sp³-hybridized carbons (Fsp3) is 0.462. The van der Waals surface area contributed by atoms with E-state index < -0.39 is 17.5 Å². The minimum absolute atomic E-state index is 0.399. The number of rotatable bonds is 4. The molecule has 0 saturated carbocycles. The monoisotopic (exact) mass is 222 g/mol. The van der Waals surface area contributed by atoms with Crippen LogP contribution in [0.2, 0.25) is 0 Å². The zero-order chi connectivity index (χ0) is 12.3. The second kappa shape index (κ2) is 4.66. The molecule has 2 unspecified atom stereocenters. The number of hydrogen-bond donors (Lipinski definition) is 2. The Bertz CT molecular complexity index is 383. The summed E-state index contributed by atoms with van der Waals surface area (Å²) in [5.74, 6) is -1.75. The molecule has 0 radical (unpaired) electrons. The normalized spacial score (nSPS) is 16.5. The van der Waals surface area contributed by atoms with Crippen LogP contribution >= 0.6 is 0 Å². The first kappa shape index (κ1) is 12.7. The summed E-state index contributed by atoms with van der Waals surface area (Å²) in [7, 11) is 0.